The Balaban J connectivity index is 1.42. The molecule has 0 aliphatic carbocycles. The smallest absolute Gasteiger partial charge is 0.244 e. The molecule has 3 aromatic rings. The van der Waals surface area contributed by atoms with Crippen molar-refractivity contribution >= 4 is 21.6 Å². The van der Waals surface area contributed by atoms with Gasteiger partial charge in [-0.3, -0.25) is 9.88 Å². The molecule has 2 aromatic heterocycles. The number of nitrogens with zero attached hydrogens (tertiary/aromatic N) is 7. The summed E-state index contributed by atoms with van der Waals surface area (Å²) in [6, 6.07) is 10.4. The van der Waals surface area contributed by atoms with Gasteiger partial charge in [-0.25, -0.2) is 8.42 Å². The van der Waals surface area contributed by atoms with Crippen LogP contribution in [0.3, 0.4) is 0 Å². The van der Waals surface area contributed by atoms with Crippen molar-refractivity contribution in [2.24, 2.45) is 0 Å². The molecular weight excluding hydrogens is 402 g/mol. The predicted octanol–water partition coefficient (Wildman–Crippen LogP) is 1.22. The van der Waals surface area contributed by atoms with Crippen molar-refractivity contribution < 1.29 is 8.42 Å². The van der Waals surface area contributed by atoms with Crippen LogP contribution >= 0.6 is 11.6 Å². The highest BCUT2D eigenvalue weighted by Gasteiger charge is 2.29. The lowest BCUT2D eigenvalue weighted by molar-refractivity contribution is 0.177. The third kappa shape index (κ3) is 3.90. The molecule has 28 heavy (non-hydrogen) atoms. The Kier molecular flexibility index (Phi) is 5.36. The van der Waals surface area contributed by atoms with E-state index in [9.17, 15) is 8.42 Å². The molecule has 1 aliphatic rings. The normalized spacial score (nSPS) is 16.3. The molecule has 1 aromatic carbocycles. The predicted molar refractivity (Wildman–Crippen MR) is 102 cm³/mol. The highest BCUT2D eigenvalue weighted by atomic mass is 35.5. The summed E-state index contributed by atoms with van der Waals surface area (Å²) in [5, 5.41) is 12.6. The Morgan fingerprint density at radius 3 is 2.46 bits per heavy atom. The molecule has 146 valence electrons. The topological polar surface area (TPSA) is 97.1 Å². The van der Waals surface area contributed by atoms with Gasteiger partial charge in [-0.2, -0.15) is 8.99 Å². The van der Waals surface area contributed by atoms with Crippen molar-refractivity contribution in [2.75, 3.05) is 26.2 Å². The summed E-state index contributed by atoms with van der Waals surface area (Å²) in [6.45, 7) is 2.51. The summed E-state index contributed by atoms with van der Waals surface area (Å²) in [6.07, 6.45) is 2.93. The molecule has 0 radical (unpaired) electrons. The molecule has 1 aliphatic heterocycles. The van der Waals surface area contributed by atoms with Gasteiger partial charge in [0, 0.05) is 43.6 Å². The van der Waals surface area contributed by atoms with Crippen molar-refractivity contribution in [2.45, 2.75) is 11.4 Å². The standard InChI is InChI=1S/C17H18ClN7O2S/c18-14-3-5-15(6-4-14)25-17(20-21-22-25)13-23-8-10-24(11-9-23)28(26,27)16-2-1-7-19-12-16/h1-7,12H,8-11,13H2. The van der Waals surface area contributed by atoms with Crippen molar-refractivity contribution in [3.8, 4) is 5.69 Å². The first-order valence-corrected chi connectivity index (χ1v) is 10.5. The first-order valence-electron chi connectivity index (χ1n) is 8.70. The Labute approximate surface area is 167 Å². The van der Waals surface area contributed by atoms with Crippen LogP contribution in [0.4, 0.5) is 0 Å². The van der Waals surface area contributed by atoms with E-state index in [1.54, 1.807) is 35.1 Å². The lowest BCUT2D eigenvalue weighted by Crippen LogP contribution is -2.48. The van der Waals surface area contributed by atoms with Gasteiger partial charge >= 0.3 is 0 Å². The molecule has 9 nitrogen and oxygen atoms in total. The summed E-state index contributed by atoms with van der Waals surface area (Å²) in [7, 11) is -3.52. The van der Waals surface area contributed by atoms with Gasteiger partial charge in [0.15, 0.2) is 5.82 Å². The molecule has 0 amide bonds. The first kappa shape index (κ1) is 18.9. The molecule has 0 bridgehead atoms. The molecule has 0 saturated carbocycles. The van der Waals surface area contributed by atoms with E-state index in [4.69, 9.17) is 11.6 Å². The number of tetrazole rings is 1. The van der Waals surface area contributed by atoms with E-state index in [-0.39, 0.29) is 4.90 Å². The minimum atomic E-state index is -3.52. The number of halogens is 1. The second kappa shape index (κ2) is 7.92. The molecule has 4 rings (SSSR count). The van der Waals surface area contributed by atoms with Gasteiger partial charge in [-0.1, -0.05) is 11.6 Å². The highest BCUT2D eigenvalue weighted by Crippen LogP contribution is 2.18. The molecule has 1 saturated heterocycles. The van der Waals surface area contributed by atoms with Crippen LogP contribution in [-0.2, 0) is 16.6 Å². The number of hydrogen-bond acceptors (Lipinski definition) is 7. The largest absolute Gasteiger partial charge is 0.293 e. The van der Waals surface area contributed by atoms with E-state index in [0.29, 0.717) is 43.6 Å². The lowest BCUT2D eigenvalue weighted by atomic mass is 10.3. The third-order valence-electron chi connectivity index (χ3n) is 4.57. The molecule has 3 heterocycles. The summed E-state index contributed by atoms with van der Waals surface area (Å²) in [5.41, 5.74) is 0.821. The second-order valence-corrected chi connectivity index (χ2v) is 8.73. The SMILES string of the molecule is O=S(=O)(c1cccnc1)N1CCN(Cc2nnnn2-c2ccc(Cl)cc2)CC1. The number of piperazine rings is 1. The van der Waals surface area contributed by atoms with E-state index in [1.165, 1.54) is 10.5 Å². The monoisotopic (exact) mass is 419 g/mol. The minimum Gasteiger partial charge on any atom is -0.293 e. The number of aromatic nitrogens is 5. The van der Waals surface area contributed by atoms with Gasteiger partial charge in [0.25, 0.3) is 0 Å². The van der Waals surface area contributed by atoms with Crippen LogP contribution in [0, 0.1) is 0 Å². The van der Waals surface area contributed by atoms with Gasteiger partial charge in [-0.15, -0.1) is 5.10 Å². The summed E-state index contributed by atoms with van der Waals surface area (Å²) in [5.74, 6) is 0.686. The first-order chi connectivity index (χ1) is 13.5. The van der Waals surface area contributed by atoms with Gasteiger partial charge in [0.05, 0.1) is 12.2 Å². The van der Waals surface area contributed by atoms with Crippen LogP contribution in [0.1, 0.15) is 5.82 Å². The number of hydrogen-bond donors (Lipinski definition) is 0. The zero-order valence-electron chi connectivity index (χ0n) is 14.9. The van der Waals surface area contributed by atoms with E-state index < -0.39 is 10.0 Å². The van der Waals surface area contributed by atoms with Crippen LogP contribution in [0.25, 0.3) is 5.69 Å². The van der Waals surface area contributed by atoms with Gasteiger partial charge in [0.2, 0.25) is 10.0 Å². The number of sulfonamides is 1. The maximum absolute atomic E-state index is 12.7. The number of benzene rings is 1. The fourth-order valence-electron chi connectivity index (χ4n) is 3.06. The Morgan fingerprint density at radius 1 is 1.04 bits per heavy atom. The highest BCUT2D eigenvalue weighted by molar-refractivity contribution is 7.89. The van der Waals surface area contributed by atoms with Crippen LogP contribution in [-0.4, -0.2) is 69.0 Å². The molecule has 0 atom stereocenters. The van der Waals surface area contributed by atoms with Crippen LogP contribution < -0.4 is 0 Å². The van der Waals surface area contributed by atoms with Gasteiger partial charge in [0.1, 0.15) is 4.90 Å². The average Bonchev–Trinajstić information content (AvgIpc) is 3.18. The van der Waals surface area contributed by atoms with E-state index >= 15 is 0 Å². The second-order valence-electron chi connectivity index (χ2n) is 6.35. The summed E-state index contributed by atoms with van der Waals surface area (Å²) in [4.78, 5) is 6.26. The zero-order chi connectivity index (χ0) is 19.6. The molecular formula is C17H18ClN7O2S. The molecule has 0 unspecified atom stereocenters. The quantitative estimate of drug-likeness (QED) is 0.613. The van der Waals surface area contributed by atoms with Crippen LogP contribution in [0.2, 0.25) is 5.02 Å². The van der Waals surface area contributed by atoms with Gasteiger partial charge in [-0.05, 0) is 46.8 Å². The maximum atomic E-state index is 12.7. The third-order valence-corrected chi connectivity index (χ3v) is 6.71. The minimum absolute atomic E-state index is 0.218. The van der Waals surface area contributed by atoms with Crippen LogP contribution in [0.15, 0.2) is 53.7 Å². The van der Waals surface area contributed by atoms with E-state index in [1.807, 2.05) is 12.1 Å². The number of rotatable bonds is 5. The van der Waals surface area contributed by atoms with Crippen molar-refractivity contribution in [3.63, 3.8) is 0 Å². The summed E-state index contributed by atoms with van der Waals surface area (Å²) < 4.78 is 28.5. The lowest BCUT2D eigenvalue weighted by Gasteiger charge is -2.33. The summed E-state index contributed by atoms with van der Waals surface area (Å²) >= 11 is 5.94. The molecule has 11 heteroatoms. The van der Waals surface area contributed by atoms with E-state index in [0.717, 1.165) is 5.69 Å². The Hall–Kier alpha value is -2.40. The van der Waals surface area contributed by atoms with Crippen LogP contribution in [0.5, 0.6) is 0 Å². The average molecular weight is 420 g/mol. The Morgan fingerprint density at radius 2 is 1.79 bits per heavy atom. The maximum Gasteiger partial charge on any atom is 0.244 e. The fourth-order valence-corrected chi connectivity index (χ4v) is 4.58. The molecule has 0 N–H and O–H groups in total. The van der Waals surface area contributed by atoms with Crippen molar-refractivity contribution in [1.82, 2.24) is 34.4 Å². The molecule has 1 fully saturated rings. The fraction of sp³-hybridized carbons (Fsp3) is 0.294. The van der Waals surface area contributed by atoms with E-state index in [2.05, 4.69) is 25.4 Å². The zero-order valence-corrected chi connectivity index (χ0v) is 16.5. The number of pyridine rings is 1. The molecule has 0 spiro atoms. The Bertz CT molecular complexity index is 1030. The van der Waals surface area contributed by atoms with Crippen molar-refractivity contribution in [3.05, 3.63) is 59.6 Å². The van der Waals surface area contributed by atoms with Crippen molar-refractivity contribution in [1.29, 1.82) is 0 Å². The van der Waals surface area contributed by atoms with Gasteiger partial charge < -0.3 is 0 Å².